The third-order valence-corrected chi connectivity index (χ3v) is 7.19. The van der Waals surface area contributed by atoms with Crippen LogP contribution in [-0.2, 0) is 0 Å². The van der Waals surface area contributed by atoms with Crippen LogP contribution in [0.15, 0.2) is 95.5 Å². The highest BCUT2D eigenvalue weighted by atomic mass is 79.9. The van der Waals surface area contributed by atoms with Crippen molar-refractivity contribution in [3.8, 4) is 5.69 Å². The maximum Gasteiger partial charge on any atom is 0.258 e. The molecule has 0 unspecified atom stereocenters. The zero-order chi connectivity index (χ0) is 25.5. The summed E-state index contributed by atoms with van der Waals surface area (Å²) in [5.74, 6) is -0.276. The van der Waals surface area contributed by atoms with Gasteiger partial charge in [-0.2, -0.15) is 0 Å². The number of nitrogens with zero attached hydrogens (tertiary/aromatic N) is 3. The third kappa shape index (κ3) is 4.34. The molecule has 180 valence electrons. The molecule has 6 aromatic rings. The number of fused-ring (bicyclic) bond motifs is 3. The Hall–Kier alpha value is -4.14. The number of halogens is 1. The zero-order valence-corrected chi connectivity index (χ0v) is 22.1. The summed E-state index contributed by atoms with van der Waals surface area (Å²) >= 11 is 9.03. The highest BCUT2D eigenvalue weighted by Gasteiger charge is 2.15. The molecule has 0 radical (unpaired) electrons. The molecule has 0 aliphatic heterocycles. The number of carbonyl (C=O) groups excluding carboxylic acids is 1. The van der Waals surface area contributed by atoms with E-state index in [2.05, 4.69) is 44.8 Å². The summed E-state index contributed by atoms with van der Waals surface area (Å²) in [7, 11) is 0. The van der Waals surface area contributed by atoms with E-state index in [1.165, 1.54) is 0 Å². The second-order valence-electron chi connectivity index (χ2n) is 8.69. The summed E-state index contributed by atoms with van der Waals surface area (Å²) in [5.41, 5.74) is 4.63. The normalized spacial score (nSPS) is 11.2. The van der Waals surface area contributed by atoms with Crippen LogP contribution in [0.25, 0.3) is 38.3 Å². The summed E-state index contributed by atoms with van der Waals surface area (Å²) in [5, 5.41) is 19.6. The molecule has 1 heterocycles. The number of hydrogen-bond acceptors (Lipinski definition) is 4. The minimum absolute atomic E-state index is 0.209. The molecule has 6 nitrogen and oxygen atoms in total. The molecular weight excluding hydrogens is 546 g/mol. The van der Waals surface area contributed by atoms with Crippen LogP contribution >= 0.6 is 28.1 Å². The molecule has 6 rings (SSSR count). The third-order valence-electron chi connectivity index (χ3n) is 6.30. The number of amides is 1. The van der Waals surface area contributed by atoms with E-state index in [0.717, 1.165) is 48.5 Å². The first kappa shape index (κ1) is 23.3. The second-order valence-corrected chi connectivity index (χ2v) is 9.95. The lowest BCUT2D eigenvalue weighted by Crippen LogP contribution is -2.34. The van der Waals surface area contributed by atoms with E-state index in [4.69, 9.17) is 22.4 Å². The first-order valence-corrected chi connectivity index (χ1v) is 12.8. The molecule has 0 aliphatic carbocycles. The van der Waals surface area contributed by atoms with Crippen molar-refractivity contribution in [3.05, 3.63) is 107 Å². The zero-order valence-electron chi connectivity index (χ0n) is 19.7. The molecule has 0 saturated heterocycles. The number of nitrogens with one attached hydrogen (secondary N) is 2. The summed E-state index contributed by atoms with van der Waals surface area (Å²) < 4.78 is 0.931. The van der Waals surface area contributed by atoms with E-state index in [0.29, 0.717) is 11.1 Å². The molecule has 0 aliphatic rings. The second kappa shape index (κ2) is 9.38. The highest BCUT2D eigenvalue weighted by Crippen LogP contribution is 2.27. The van der Waals surface area contributed by atoms with Gasteiger partial charge in [0.2, 0.25) is 0 Å². The molecule has 1 amide bonds. The van der Waals surface area contributed by atoms with E-state index in [1.54, 1.807) is 10.9 Å². The number of carbonyl (C=O) groups is 1. The van der Waals surface area contributed by atoms with Gasteiger partial charge in [0.25, 0.3) is 5.91 Å². The van der Waals surface area contributed by atoms with Crippen molar-refractivity contribution in [1.29, 1.82) is 0 Å². The monoisotopic (exact) mass is 565 g/mol. The van der Waals surface area contributed by atoms with Crippen LogP contribution in [0.3, 0.4) is 0 Å². The average Bonchev–Trinajstić information content (AvgIpc) is 3.31. The number of anilines is 1. The van der Waals surface area contributed by atoms with Crippen LogP contribution < -0.4 is 10.6 Å². The van der Waals surface area contributed by atoms with E-state index in [9.17, 15) is 4.79 Å². The number of thiocarbonyl (C=S) groups is 1. The van der Waals surface area contributed by atoms with Crippen molar-refractivity contribution < 1.29 is 4.79 Å². The lowest BCUT2D eigenvalue weighted by molar-refractivity contribution is 0.0979. The molecule has 0 atom stereocenters. The van der Waals surface area contributed by atoms with Gasteiger partial charge in [-0.05, 0) is 71.2 Å². The maximum absolute atomic E-state index is 13.1. The predicted octanol–water partition coefficient (Wildman–Crippen LogP) is 6.92. The molecule has 37 heavy (non-hydrogen) atoms. The minimum Gasteiger partial charge on any atom is -0.332 e. The Morgan fingerprint density at radius 1 is 0.838 bits per heavy atom. The standard InChI is InChI=1S/C29H20BrN5OS/c1-17-15-25-26(34-35(33-25)27-14-4-8-18-7-2-3-9-19(18)27)16-24(17)31-29(37)32-28(36)22-12-5-11-21-20(22)10-6-13-23(21)30/h2-16H,1H3,(H2,31,32,36,37). The van der Waals surface area contributed by atoms with E-state index in [-0.39, 0.29) is 11.0 Å². The van der Waals surface area contributed by atoms with Crippen molar-refractivity contribution in [3.63, 3.8) is 0 Å². The van der Waals surface area contributed by atoms with Crippen molar-refractivity contribution in [2.24, 2.45) is 0 Å². The molecular formula is C29H20BrN5OS. The van der Waals surface area contributed by atoms with Crippen LogP contribution in [0.2, 0.25) is 0 Å². The van der Waals surface area contributed by atoms with Crippen LogP contribution in [0.1, 0.15) is 15.9 Å². The molecule has 2 N–H and O–H groups in total. The van der Waals surface area contributed by atoms with Gasteiger partial charge in [-0.1, -0.05) is 76.6 Å². The summed E-state index contributed by atoms with van der Waals surface area (Å²) in [4.78, 5) is 14.7. The number of rotatable bonds is 3. The van der Waals surface area contributed by atoms with E-state index >= 15 is 0 Å². The topological polar surface area (TPSA) is 71.8 Å². The van der Waals surface area contributed by atoms with Crippen molar-refractivity contribution >= 4 is 77.4 Å². The lowest BCUT2D eigenvalue weighted by atomic mass is 10.0. The fourth-order valence-corrected chi connectivity index (χ4v) is 5.19. The van der Waals surface area contributed by atoms with Crippen molar-refractivity contribution in [2.75, 3.05) is 5.32 Å². The largest absolute Gasteiger partial charge is 0.332 e. The Kier molecular flexibility index (Phi) is 5.90. The van der Waals surface area contributed by atoms with Gasteiger partial charge in [0, 0.05) is 21.1 Å². The highest BCUT2D eigenvalue weighted by molar-refractivity contribution is 9.10. The predicted molar refractivity (Wildman–Crippen MR) is 156 cm³/mol. The van der Waals surface area contributed by atoms with Crippen LogP contribution in [0, 0.1) is 6.92 Å². The van der Waals surface area contributed by atoms with E-state index in [1.807, 2.05) is 73.7 Å². The molecule has 0 fully saturated rings. The molecule has 1 aromatic heterocycles. The van der Waals surface area contributed by atoms with Gasteiger partial charge in [0.05, 0.1) is 5.69 Å². The first-order valence-electron chi connectivity index (χ1n) is 11.6. The van der Waals surface area contributed by atoms with Gasteiger partial charge in [0.15, 0.2) is 5.11 Å². The number of aromatic nitrogens is 3. The van der Waals surface area contributed by atoms with Crippen molar-refractivity contribution in [2.45, 2.75) is 6.92 Å². The number of benzene rings is 5. The molecule has 0 saturated carbocycles. The summed E-state index contributed by atoms with van der Waals surface area (Å²) in [6.07, 6.45) is 0. The van der Waals surface area contributed by atoms with Crippen molar-refractivity contribution in [1.82, 2.24) is 20.3 Å². The van der Waals surface area contributed by atoms with Gasteiger partial charge < -0.3 is 5.32 Å². The average molecular weight is 566 g/mol. The summed E-state index contributed by atoms with van der Waals surface area (Å²) in [6.45, 7) is 1.96. The van der Waals surface area contributed by atoms with Gasteiger partial charge in [0.1, 0.15) is 11.0 Å². The van der Waals surface area contributed by atoms with E-state index < -0.39 is 0 Å². The Balaban J connectivity index is 1.27. The Bertz CT molecular complexity index is 1860. The Labute approximate surface area is 226 Å². The first-order chi connectivity index (χ1) is 18.0. The number of hydrogen-bond donors (Lipinski definition) is 2. The fourth-order valence-electron chi connectivity index (χ4n) is 4.49. The van der Waals surface area contributed by atoms with Crippen LogP contribution in [0.4, 0.5) is 5.69 Å². The molecule has 8 heteroatoms. The van der Waals surface area contributed by atoms with Crippen LogP contribution in [0.5, 0.6) is 0 Å². The molecule has 5 aromatic carbocycles. The van der Waals surface area contributed by atoms with Gasteiger partial charge in [-0.3, -0.25) is 10.1 Å². The maximum atomic E-state index is 13.1. The van der Waals surface area contributed by atoms with Gasteiger partial charge >= 0.3 is 0 Å². The van der Waals surface area contributed by atoms with Crippen LogP contribution in [-0.4, -0.2) is 26.0 Å². The molecule has 0 bridgehead atoms. The van der Waals surface area contributed by atoms with Gasteiger partial charge in [-0.25, -0.2) is 0 Å². The summed E-state index contributed by atoms with van der Waals surface area (Å²) in [6, 6.07) is 29.5. The number of aryl methyl sites for hydroxylation is 1. The fraction of sp³-hybridized carbons (Fsp3) is 0.0345. The Morgan fingerprint density at radius 2 is 1.51 bits per heavy atom. The van der Waals surface area contributed by atoms with Gasteiger partial charge in [-0.15, -0.1) is 15.0 Å². The molecule has 0 spiro atoms. The minimum atomic E-state index is -0.276. The SMILES string of the molecule is Cc1cc2nn(-c3cccc4ccccc34)nc2cc1NC(=S)NC(=O)c1cccc2c(Br)cccc12. The lowest BCUT2D eigenvalue weighted by Gasteiger charge is -2.13. The Morgan fingerprint density at radius 3 is 2.38 bits per heavy atom. The smallest absolute Gasteiger partial charge is 0.258 e. The quantitative estimate of drug-likeness (QED) is 0.228.